The highest BCUT2D eigenvalue weighted by Gasteiger charge is 2.08. The molecular formula is C15H18Cl2O3. The number of hydrogen-bond donors (Lipinski definition) is 1. The molecule has 0 atom stereocenters. The summed E-state index contributed by atoms with van der Waals surface area (Å²) in [6, 6.07) is 3.56. The van der Waals surface area contributed by atoms with Crippen molar-refractivity contribution in [3.05, 3.63) is 46.0 Å². The van der Waals surface area contributed by atoms with Crippen LogP contribution in [0.5, 0.6) is 11.5 Å². The smallest absolute Gasteiger partial charge is 0.141 e. The SMILES string of the molecule is C/C(Cl)=C/COc1cc(C)c(OC/C=C\CO)c(Cl)c1. The Balaban J connectivity index is 2.70. The van der Waals surface area contributed by atoms with Crippen LogP contribution in [0.1, 0.15) is 12.5 Å². The van der Waals surface area contributed by atoms with Gasteiger partial charge in [0.25, 0.3) is 0 Å². The molecule has 110 valence electrons. The van der Waals surface area contributed by atoms with E-state index in [-0.39, 0.29) is 6.61 Å². The average Bonchev–Trinajstić information content (AvgIpc) is 2.36. The monoisotopic (exact) mass is 316 g/mol. The molecule has 0 amide bonds. The van der Waals surface area contributed by atoms with E-state index in [9.17, 15) is 0 Å². The summed E-state index contributed by atoms with van der Waals surface area (Å²) < 4.78 is 11.1. The summed E-state index contributed by atoms with van der Waals surface area (Å²) in [5, 5.41) is 9.80. The van der Waals surface area contributed by atoms with Gasteiger partial charge in [-0.25, -0.2) is 0 Å². The van der Waals surface area contributed by atoms with Crippen molar-refractivity contribution in [3.8, 4) is 11.5 Å². The molecule has 1 rings (SSSR count). The van der Waals surface area contributed by atoms with Crippen molar-refractivity contribution in [3.63, 3.8) is 0 Å². The van der Waals surface area contributed by atoms with Gasteiger partial charge in [0.15, 0.2) is 0 Å². The number of aliphatic hydroxyl groups excluding tert-OH is 1. The lowest BCUT2D eigenvalue weighted by molar-refractivity contribution is 0.335. The van der Waals surface area contributed by atoms with Crippen LogP contribution < -0.4 is 9.47 Å². The van der Waals surface area contributed by atoms with Crippen LogP contribution >= 0.6 is 23.2 Å². The fourth-order valence-corrected chi connectivity index (χ4v) is 1.87. The fourth-order valence-electron chi connectivity index (χ4n) is 1.49. The predicted octanol–water partition coefficient (Wildman–Crippen LogP) is 4.10. The Morgan fingerprint density at radius 2 is 2.00 bits per heavy atom. The normalized spacial score (nSPS) is 11.9. The van der Waals surface area contributed by atoms with E-state index in [1.807, 2.05) is 13.0 Å². The predicted molar refractivity (Wildman–Crippen MR) is 83.0 cm³/mol. The summed E-state index contributed by atoms with van der Waals surface area (Å²) in [6.45, 7) is 4.43. The van der Waals surface area contributed by atoms with Crippen molar-refractivity contribution in [2.75, 3.05) is 19.8 Å². The van der Waals surface area contributed by atoms with E-state index in [0.717, 1.165) is 5.56 Å². The van der Waals surface area contributed by atoms with Crippen molar-refractivity contribution in [2.45, 2.75) is 13.8 Å². The standard InChI is InChI=1S/C15H18Cl2O3/c1-11-9-13(19-8-5-12(2)16)10-14(17)15(11)20-7-4-3-6-18/h3-5,9-10,18H,6-8H2,1-2H3/b4-3-,12-5-. The second-order valence-corrected chi connectivity index (χ2v) is 5.12. The molecule has 5 heteroatoms. The molecule has 0 aliphatic heterocycles. The van der Waals surface area contributed by atoms with E-state index < -0.39 is 0 Å². The zero-order valence-corrected chi connectivity index (χ0v) is 13.0. The van der Waals surface area contributed by atoms with Crippen LogP contribution in [0.15, 0.2) is 35.4 Å². The zero-order valence-electron chi connectivity index (χ0n) is 11.5. The van der Waals surface area contributed by atoms with Crippen LogP contribution in [0.25, 0.3) is 0 Å². The zero-order chi connectivity index (χ0) is 15.0. The first-order valence-electron chi connectivity index (χ1n) is 6.18. The molecule has 0 saturated carbocycles. The maximum absolute atomic E-state index is 8.63. The first-order valence-corrected chi connectivity index (χ1v) is 6.94. The summed E-state index contributed by atoms with van der Waals surface area (Å²) in [5.41, 5.74) is 0.886. The molecule has 0 saturated heterocycles. The Labute approximate surface area is 129 Å². The van der Waals surface area contributed by atoms with E-state index in [4.69, 9.17) is 37.8 Å². The number of halogens is 2. The molecule has 0 aromatic heterocycles. The van der Waals surface area contributed by atoms with Gasteiger partial charge in [0.2, 0.25) is 0 Å². The summed E-state index contributed by atoms with van der Waals surface area (Å²) in [5.74, 6) is 1.28. The third-order valence-electron chi connectivity index (χ3n) is 2.41. The minimum atomic E-state index is -0.00361. The molecular weight excluding hydrogens is 299 g/mol. The third kappa shape index (κ3) is 5.87. The Morgan fingerprint density at radius 1 is 1.25 bits per heavy atom. The Bertz CT molecular complexity index is 469. The molecule has 0 aliphatic carbocycles. The number of rotatable bonds is 7. The average molecular weight is 317 g/mol. The van der Waals surface area contributed by atoms with Gasteiger partial charge in [-0.05, 0) is 37.6 Å². The number of aryl methyl sites for hydroxylation is 1. The van der Waals surface area contributed by atoms with Gasteiger partial charge in [0, 0.05) is 11.1 Å². The lowest BCUT2D eigenvalue weighted by atomic mass is 10.2. The van der Waals surface area contributed by atoms with E-state index in [0.29, 0.717) is 34.8 Å². The number of aliphatic hydroxyl groups is 1. The molecule has 0 bridgehead atoms. The second-order valence-electron chi connectivity index (χ2n) is 4.12. The highest BCUT2D eigenvalue weighted by atomic mass is 35.5. The van der Waals surface area contributed by atoms with Gasteiger partial charge in [-0.1, -0.05) is 29.3 Å². The summed E-state index contributed by atoms with van der Waals surface area (Å²) in [7, 11) is 0. The number of ether oxygens (including phenoxy) is 2. The van der Waals surface area contributed by atoms with E-state index in [1.165, 1.54) is 0 Å². The summed E-state index contributed by atoms with van der Waals surface area (Å²) in [6.07, 6.45) is 5.12. The molecule has 3 nitrogen and oxygen atoms in total. The van der Waals surface area contributed by atoms with Crippen LogP contribution in [0.3, 0.4) is 0 Å². The Kier molecular flexibility index (Phi) is 7.52. The van der Waals surface area contributed by atoms with Crippen LogP contribution in [0.4, 0.5) is 0 Å². The van der Waals surface area contributed by atoms with Crippen molar-refractivity contribution in [1.29, 1.82) is 0 Å². The molecule has 0 spiro atoms. The minimum Gasteiger partial charge on any atom is -0.489 e. The molecule has 0 fully saturated rings. The number of hydrogen-bond acceptors (Lipinski definition) is 3. The van der Waals surface area contributed by atoms with Crippen LogP contribution in [-0.4, -0.2) is 24.9 Å². The fraction of sp³-hybridized carbons (Fsp3) is 0.333. The Hall–Kier alpha value is -1.16. The quantitative estimate of drug-likeness (QED) is 0.770. The molecule has 0 radical (unpaired) electrons. The summed E-state index contributed by atoms with van der Waals surface area (Å²) in [4.78, 5) is 0. The molecule has 20 heavy (non-hydrogen) atoms. The van der Waals surface area contributed by atoms with Gasteiger partial charge in [-0.2, -0.15) is 0 Å². The maximum atomic E-state index is 8.63. The third-order valence-corrected chi connectivity index (χ3v) is 2.85. The van der Waals surface area contributed by atoms with Crippen LogP contribution in [-0.2, 0) is 0 Å². The van der Waals surface area contributed by atoms with Gasteiger partial charge in [-0.15, -0.1) is 0 Å². The van der Waals surface area contributed by atoms with Gasteiger partial charge in [0.05, 0.1) is 11.6 Å². The van der Waals surface area contributed by atoms with Crippen molar-refractivity contribution >= 4 is 23.2 Å². The molecule has 0 aliphatic rings. The minimum absolute atomic E-state index is 0.00361. The van der Waals surface area contributed by atoms with E-state index >= 15 is 0 Å². The Morgan fingerprint density at radius 3 is 2.60 bits per heavy atom. The summed E-state index contributed by atoms with van der Waals surface area (Å²) >= 11 is 11.9. The van der Waals surface area contributed by atoms with Gasteiger partial charge >= 0.3 is 0 Å². The number of benzene rings is 1. The van der Waals surface area contributed by atoms with E-state index in [1.54, 1.807) is 31.2 Å². The molecule has 1 aromatic rings. The van der Waals surface area contributed by atoms with E-state index in [2.05, 4.69) is 0 Å². The maximum Gasteiger partial charge on any atom is 0.141 e. The van der Waals surface area contributed by atoms with Gasteiger partial charge in [-0.3, -0.25) is 0 Å². The first kappa shape index (κ1) is 16.9. The van der Waals surface area contributed by atoms with Gasteiger partial charge < -0.3 is 14.6 Å². The molecule has 1 N–H and O–H groups in total. The largest absolute Gasteiger partial charge is 0.489 e. The van der Waals surface area contributed by atoms with Crippen molar-refractivity contribution < 1.29 is 14.6 Å². The molecule has 0 unspecified atom stereocenters. The van der Waals surface area contributed by atoms with Gasteiger partial charge in [0.1, 0.15) is 24.7 Å². The molecule has 0 heterocycles. The molecule has 1 aromatic carbocycles. The van der Waals surface area contributed by atoms with Crippen molar-refractivity contribution in [2.24, 2.45) is 0 Å². The topological polar surface area (TPSA) is 38.7 Å². The lowest BCUT2D eigenvalue weighted by Gasteiger charge is -2.12. The van der Waals surface area contributed by atoms with Crippen LogP contribution in [0.2, 0.25) is 5.02 Å². The lowest BCUT2D eigenvalue weighted by Crippen LogP contribution is -1.99. The highest BCUT2D eigenvalue weighted by molar-refractivity contribution is 6.32. The van der Waals surface area contributed by atoms with Crippen LogP contribution in [0, 0.1) is 6.92 Å². The second kappa shape index (κ2) is 8.90. The first-order chi connectivity index (χ1) is 9.54. The number of allylic oxidation sites excluding steroid dienone is 1. The highest BCUT2D eigenvalue weighted by Crippen LogP contribution is 2.33. The van der Waals surface area contributed by atoms with Crippen molar-refractivity contribution in [1.82, 2.24) is 0 Å².